The number of anilines is 3. The zero-order valence-corrected chi connectivity index (χ0v) is 19.8. The van der Waals surface area contributed by atoms with E-state index in [0.29, 0.717) is 36.5 Å². The smallest absolute Gasteiger partial charge is 0.339 e. The molecule has 4 rings (SSSR count). The number of carboxylic acids is 1. The number of amides is 1. The third kappa shape index (κ3) is 5.59. The zero-order valence-electron chi connectivity index (χ0n) is 19.8. The molecule has 0 unspecified atom stereocenters. The number of aromatic carboxylic acids is 1. The fourth-order valence-corrected chi connectivity index (χ4v) is 3.96. The fourth-order valence-electron chi connectivity index (χ4n) is 3.96. The third-order valence-electron chi connectivity index (χ3n) is 5.78. The number of hydrogen-bond acceptors (Lipinski definition) is 8. The predicted molar refractivity (Wildman–Crippen MR) is 135 cm³/mol. The van der Waals surface area contributed by atoms with Gasteiger partial charge in [-0.15, -0.1) is 0 Å². The first-order valence-corrected chi connectivity index (χ1v) is 11.6. The van der Waals surface area contributed by atoms with E-state index in [1.54, 1.807) is 24.3 Å². The predicted octanol–water partition coefficient (Wildman–Crippen LogP) is 3.24. The molecule has 0 radical (unpaired) electrons. The highest BCUT2D eigenvalue weighted by Crippen LogP contribution is 2.28. The minimum Gasteiger partial charge on any atom is -0.478 e. The van der Waals surface area contributed by atoms with E-state index in [2.05, 4.69) is 25.5 Å². The van der Waals surface area contributed by atoms with Crippen LogP contribution < -0.4 is 15.5 Å². The van der Waals surface area contributed by atoms with Crippen molar-refractivity contribution in [2.45, 2.75) is 13.3 Å². The van der Waals surface area contributed by atoms with Crippen molar-refractivity contribution in [1.82, 2.24) is 15.3 Å². The largest absolute Gasteiger partial charge is 0.478 e. The van der Waals surface area contributed by atoms with Crippen LogP contribution in [0.3, 0.4) is 0 Å². The Bertz CT molecular complexity index is 1280. The number of nitriles is 1. The minimum absolute atomic E-state index is 0.0207. The SMILES string of the molecule is CCc1nc(Nc2ccc(N3CCOCC3)cc2)nc(-c2ccc(C(=O)NCC#N)cc2)c1C(=O)O. The molecular weight excluding hydrogens is 460 g/mol. The Balaban J connectivity index is 1.63. The van der Waals surface area contributed by atoms with Crippen LogP contribution in [-0.4, -0.2) is 59.8 Å². The molecule has 2 heterocycles. The van der Waals surface area contributed by atoms with E-state index in [1.807, 2.05) is 37.3 Å². The number of aromatic nitrogens is 2. The molecule has 1 aliphatic heterocycles. The molecule has 0 aliphatic carbocycles. The van der Waals surface area contributed by atoms with Crippen LogP contribution in [0.2, 0.25) is 0 Å². The number of carbonyl (C=O) groups is 2. The molecule has 36 heavy (non-hydrogen) atoms. The second-order valence-electron chi connectivity index (χ2n) is 8.07. The Kier molecular flexibility index (Phi) is 7.72. The first-order chi connectivity index (χ1) is 17.5. The van der Waals surface area contributed by atoms with Gasteiger partial charge in [-0.1, -0.05) is 19.1 Å². The maximum atomic E-state index is 12.1. The Morgan fingerprint density at radius 2 is 1.78 bits per heavy atom. The van der Waals surface area contributed by atoms with Crippen molar-refractivity contribution in [3.05, 3.63) is 65.4 Å². The number of rotatable bonds is 8. The van der Waals surface area contributed by atoms with Gasteiger partial charge in [-0.3, -0.25) is 4.79 Å². The van der Waals surface area contributed by atoms with E-state index in [4.69, 9.17) is 10.00 Å². The average molecular weight is 487 g/mol. The molecule has 0 atom stereocenters. The molecule has 1 amide bonds. The molecule has 1 aliphatic rings. The van der Waals surface area contributed by atoms with Crippen molar-refractivity contribution >= 4 is 29.2 Å². The van der Waals surface area contributed by atoms with Gasteiger partial charge < -0.3 is 25.4 Å². The lowest BCUT2D eigenvalue weighted by Crippen LogP contribution is -2.36. The number of nitrogens with one attached hydrogen (secondary N) is 2. The topological polar surface area (TPSA) is 140 Å². The van der Waals surface area contributed by atoms with E-state index in [1.165, 1.54) is 0 Å². The number of hydrogen-bond donors (Lipinski definition) is 3. The molecule has 1 aromatic heterocycles. The van der Waals surface area contributed by atoms with Gasteiger partial charge in [0.15, 0.2) is 0 Å². The van der Waals surface area contributed by atoms with Gasteiger partial charge in [0.1, 0.15) is 12.1 Å². The van der Waals surface area contributed by atoms with Crippen molar-refractivity contribution in [2.75, 3.05) is 43.1 Å². The second kappa shape index (κ2) is 11.3. The summed E-state index contributed by atoms with van der Waals surface area (Å²) in [4.78, 5) is 35.5. The molecule has 3 aromatic rings. The molecule has 184 valence electrons. The van der Waals surface area contributed by atoms with Crippen molar-refractivity contribution in [3.8, 4) is 17.3 Å². The Labute approximate surface area is 208 Å². The van der Waals surface area contributed by atoms with Crippen LogP contribution in [0, 0.1) is 11.3 Å². The number of carboxylic acid groups (broad SMARTS) is 1. The molecule has 10 nitrogen and oxygen atoms in total. The number of morpholine rings is 1. The summed E-state index contributed by atoms with van der Waals surface area (Å²) in [5.41, 5.74) is 3.43. The summed E-state index contributed by atoms with van der Waals surface area (Å²) in [6.07, 6.45) is 0.399. The van der Waals surface area contributed by atoms with Crippen LogP contribution in [0.4, 0.5) is 17.3 Å². The normalized spacial score (nSPS) is 13.1. The van der Waals surface area contributed by atoms with Gasteiger partial charge in [-0.25, -0.2) is 14.8 Å². The molecule has 0 spiro atoms. The van der Waals surface area contributed by atoms with E-state index in [-0.39, 0.29) is 29.7 Å². The maximum absolute atomic E-state index is 12.1. The van der Waals surface area contributed by atoms with Crippen molar-refractivity contribution in [3.63, 3.8) is 0 Å². The summed E-state index contributed by atoms with van der Waals surface area (Å²) in [6.45, 7) is 4.83. The van der Waals surface area contributed by atoms with Gasteiger partial charge in [0.05, 0.1) is 30.7 Å². The van der Waals surface area contributed by atoms with Crippen molar-refractivity contribution in [1.29, 1.82) is 5.26 Å². The van der Waals surface area contributed by atoms with Crippen molar-refractivity contribution in [2.24, 2.45) is 0 Å². The summed E-state index contributed by atoms with van der Waals surface area (Å²) in [5.74, 6) is -1.23. The van der Waals surface area contributed by atoms with Gasteiger partial charge in [0.2, 0.25) is 5.95 Å². The monoisotopic (exact) mass is 486 g/mol. The van der Waals surface area contributed by atoms with Crippen LogP contribution in [0.5, 0.6) is 0 Å². The van der Waals surface area contributed by atoms with Gasteiger partial charge in [-0.05, 0) is 42.8 Å². The lowest BCUT2D eigenvalue weighted by atomic mass is 10.0. The Hall–Kier alpha value is -4.49. The summed E-state index contributed by atoms with van der Waals surface area (Å²) in [7, 11) is 0. The standard InChI is InChI=1S/C26H26N6O4/c1-2-21-22(25(34)35)23(17-3-5-18(6-4-17)24(33)28-12-11-27)31-26(30-21)29-19-7-9-20(10-8-19)32-13-15-36-16-14-32/h3-10H,2,12-16H2,1H3,(H,28,33)(H,34,35)(H,29,30,31). The number of nitrogens with zero attached hydrogens (tertiary/aromatic N) is 4. The second-order valence-corrected chi connectivity index (χ2v) is 8.07. The van der Waals surface area contributed by atoms with E-state index in [9.17, 15) is 14.7 Å². The van der Waals surface area contributed by atoms with Crippen LogP contribution in [0.15, 0.2) is 48.5 Å². The van der Waals surface area contributed by atoms with Crippen LogP contribution >= 0.6 is 0 Å². The van der Waals surface area contributed by atoms with Crippen LogP contribution in [-0.2, 0) is 11.2 Å². The first-order valence-electron chi connectivity index (χ1n) is 11.6. The van der Waals surface area contributed by atoms with Crippen LogP contribution in [0.1, 0.15) is 33.3 Å². The molecule has 10 heteroatoms. The highest BCUT2D eigenvalue weighted by Gasteiger charge is 2.21. The van der Waals surface area contributed by atoms with E-state index < -0.39 is 5.97 Å². The van der Waals surface area contributed by atoms with Gasteiger partial charge in [0.25, 0.3) is 5.91 Å². The van der Waals surface area contributed by atoms with Gasteiger partial charge in [-0.2, -0.15) is 5.26 Å². The minimum atomic E-state index is -1.13. The molecule has 1 saturated heterocycles. The average Bonchev–Trinajstić information content (AvgIpc) is 2.92. The summed E-state index contributed by atoms with van der Waals surface area (Å²) in [5, 5.41) is 24.2. The molecule has 0 saturated carbocycles. The van der Waals surface area contributed by atoms with Gasteiger partial charge in [0, 0.05) is 35.6 Å². The number of ether oxygens (including phenoxy) is 1. The van der Waals surface area contributed by atoms with Gasteiger partial charge >= 0.3 is 5.97 Å². The quantitative estimate of drug-likeness (QED) is 0.409. The lowest BCUT2D eigenvalue weighted by molar-refractivity contribution is 0.0695. The Morgan fingerprint density at radius 3 is 2.39 bits per heavy atom. The molecule has 3 N–H and O–H groups in total. The number of benzene rings is 2. The summed E-state index contributed by atoms with van der Waals surface area (Å²) in [6, 6.07) is 16.1. The first kappa shape index (κ1) is 24.6. The highest BCUT2D eigenvalue weighted by atomic mass is 16.5. The molecule has 0 bridgehead atoms. The molecule has 1 fully saturated rings. The zero-order chi connectivity index (χ0) is 25.5. The fraction of sp³-hybridized carbons (Fsp3) is 0.269. The number of carbonyl (C=O) groups excluding carboxylic acids is 1. The van der Waals surface area contributed by atoms with E-state index >= 15 is 0 Å². The van der Waals surface area contributed by atoms with Crippen LogP contribution in [0.25, 0.3) is 11.3 Å². The summed E-state index contributed by atoms with van der Waals surface area (Å²) < 4.78 is 5.41. The Morgan fingerprint density at radius 1 is 1.08 bits per heavy atom. The third-order valence-corrected chi connectivity index (χ3v) is 5.78. The maximum Gasteiger partial charge on any atom is 0.339 e. The molecule has 2 aromatic carbocycles. The van der Waals surface area contributed by atoms with E-state index in [0.717, 1.165) is 24.5 Å². The lowest BCUT2D eigenvalue weighted by Gasteiger charge is -2.28. The number of aryl methyl sites for hydroxylation is 1. The molecular formula is C26H26N6O4. The summed E-state index contributed by atoms with van der Waals surface area (Å²) >= 11 is 0. The highest BCUT2D eigenvalue weighted by molar-refractivity contribution is 5.97. The van der Waals surface area contributed by atoms with Crippen molar-refractivity contribution < 1.29 is 19.4 Å².